The lowest BCUT2D eigenvalue weighted by molar-refractivity contribution is -0.126. The molecule has 0 radical (unpaired) electrons. The van der Waals surface area contributed by atoms with Gasteiger partial charge in [-0.25, -0.2) is 0 Å². The third-order valence-corrected chi connectivity index (χ3v) is 17.1. The Morgan fingerprint density at radius 1 is 0.575 bits per heavy atom. The molecule has 6 aromatic rings. The normalized spacial score (nSPS) is 19.6. The molecule has 6 aliphatic rings. The number of fused-ring (bicyclic) bond motifs is 4. The van der Waals surface area contributed by atoms with Gasteiger partial charge in [-0.15, -0.1) is 0 Å². The summed E-state index contributed by atoms with van der Waals surface area (Å²) in [6.07, 6.45) is 11.5. The van der Waals surface area contributed by atoms with Crippen LogP contribution in [-0.4, -0.2) is 154 Å². The minimum Gasteiger partial charge on any atom is -0.508 e. The van der Waals surface area contributed by atoms with Gasteiger partial charge in [-0.3, -0.25) is 14.6 Å². The van der Waals surface area contributed by atoms with Crippen molar-refractivity contribution < 1.29 is 24.5 Å². The molecular weight excluding hydrogens is 1040 g/mol. The van der Waals surface area contributed by atoms with Gasteiger partial charge in [0.05, 0.1) is 24.5 Å². The monoisotopic (exact) mass is 1130 g/mol. The van der Waals surface area contributed by atoms with E-state index in [0.29, 0.717) is 94.4 Å². The summed E-state index contributed by atoms with van der Waals surface area (Å²) >= 11 is 0. The molecule has 2 atom stereocenters. The van der Waals surface area contributed by atoms with Crippen LogP contribution in [-0.2, 0) is 30.7 Å². The Balaban J connectivity index is 0.000000190. The number of hydrogen-bond acceptors (Lipinski definition) is 15. The maximum atomic E-state index is 12.2. The number of carbonyl (C=O) groups is 1. The van der Waals surface area contributed by atoms with Gasteiger partial charge in [-0.05, 0) is 128 Å². The largest absolute Gasteiger partial charge is 0.508 e. The second kappa shape index (κ2) is 26.1. The van der Waals surface area contributed by atoms with Crippen molar-refractivity contribution in [3.63, 3.8) is 0 Å². The van der Waals surface area contributed by atoms with Crippen molar-refractivity contribution >= 4 is 77.5 Å². The van der Waals surface area contributed by atoms with E-state index in [1.165, 1.54) is 50.2 Å². The third-order valence-electron chi connectivity index (χ3n) is 17.1. The summed E-state index contributed by atoms with van der Waals surface area (Å²) < 4.78 is 12.7. The number of benzene rings is 4. The number of ether oxygens (including phenoxy) is 2. The van der Waals surface area contributed by atoms with Crippen molar-refractivity contribution in [3.05, 3.63) is 108 Å². The quantitative estimate of drug-likeness (QED) is 0.106. The molecule has 16 nitrogen and oxygen atoms in total. The summed E-state index contributed by atoms with van der Waals surface area (Å²) in [4.78, 5) is 48.4. The highest BCUT2D eigenvalue weighted by atomic mass is 32.1. The first-order chi connectivity index (χ1) is 38.0. The molecule has 0 bridgehead atoms. The van der Waals surface area contributed by atoms with Crippen molar-refractivity contribution in [2.45, 2.75) is 123 Å². The average Bonchev–Trinajstić information content (AvgIpc) is 4.20. The lowest BCUT2D eigenvalue weighted by Crippen LogP contribution is -2.49. The number of likely N-dealkylation sites (tertiary alicyclic amines) is 2. The van der Waals surface area contributed by atoms with Crippen molar-refractivity contribution in [1.29, 1.82) is 0 Å². The summed E-state index contributed by atoms with van der Waals surface area (Å²) in [6, 6.07) is 26.5. The number of carbonyl (C=O) groups excluding carboxylic acids is 1. The number of phenolic OH excluding ortho intramolecular Hbond substituents is 2. The Labute approximate surface area is 486 Å². The molecule has 4 fully saturated rings. The third kappa shape index (κ3) is 12.8. The fraction of sp³-hybridized carbons (Fsp3) is 0.500. The van der Waals surface area contributed by atoms with Crippen LogP contribution >= 0.6 is 27.0 Å². The van der Waals surface area contributed by atoms with Gasteiger partial charge < -0.3 is 44.2 Å². The highest BCUT2D eigenvalue weighted by Gasteiger charge is 2.33. The number of nitrogens with zero attached hydrogens (tertiary/aromatic N) is 11. The Morgan fingerprint density at radius 3 is 1.48 bits per heavy atom. The zero-order valence-electron chi connectivity index (χ0n) is 47.3. The number of piperazine rings is 1. The number of rotatable bonds is 13. The van der Waals surface area contributed by atoms with Gasteiger partial charge in [-0.2, -0.15) is 46.9 Å². The molecule has 0 saturated carbocycles. The fourth-order valence-electron chi connectivity index (χ4n) is 13.1. The zero-order chi connectivity index (χ0) is 53.9. The van der Waals surface area contributed by atoms with Gasteiger partial charge in [0.2, 0.25) is 5.91 Å². The van der Waals surface area contributed by atoms with Crippen molar-refractivity contribution in [2.75, 3.05) is 98.3 Å². The molecule has 12 rings (SSSR count). The molecule has 2 N–H and O–H groups in total. The minimum absolute atomic E-state index is 0. The average molecular weight is 1130 g/mol. The molecule has 428 valence electrons. The summed E-state index contributed by atoms with van der Waals surface area (Å²) in [6.45, 7) is 23.8. The zero-order valence-corrected chi connectivity index (χ0v) is 49.3. The topological polar surface area (TPSA) is 150 Å². The van der Waals surface area contributed by atoms with Crippen molar-refractivity contribution in [1.82, 2.24) is 34.6 Å². The van der Waals surface area contributed by atoms with Crippen LogP contribution < -0.4 is 29.1 Å². The van der Waals surface area contributed by atoms with Gasteiger partial charge in [0.25, 0.3) is 0 Å². The van der Waals surface area contributed by atoms with Gasteiger partial charge in [0.1, 0.15) is 36.3 Å². The van der Waals surface area contributed by atoms with Crippen LogP contribution in [0.5, 0.6) is 23.5 Å². The molecule has 0 aliphatic carbocycles. The molecule has 0 spiro atoms. The van der Waals surface area contributed by atoms with Crippen LogP contribution in [0.3, 0.4) is 0 Å². The summed E-state index contributed by atoms with van der Waals surface area (Å²) in [7, 11) is 0. The van der Waals surface area contributed by atoms with Gasteiger partial charge >= 0.3 is 12.0 Å². The standard InChI is InChI=1S/C32H40N6O3.C30H39N5O2.2H2S/c1-4-30(40)35-14-16-36(17-15-35)31-27-11-13-37(29-19-25(39)18-23-8-5-6-10-26(23)29)20-28(27)33-32(34-31)41-21-24-9-7-12-38(24)22(2)3;1-21(2)35-15-8-10-23(35)20-37-30-31-27-19-34(28-18-24(36)17-22-9-4-5-11-25(22)28)16-12-26(27)29(32-30)33-13-6-3-7-14-33;;/h4-6,8,10,18-19,22,24,39H,1,7,9,11-17,20-21H2,2-3H3;4-5,9,11,17-18,21,23,36H,3,6-8,10,12-16,19-20H2,1-2H3;2*1H2/t24-;23-;;/m00../s1. The number of aromatic nitrogens is 4. The van der Waals surface area contributed by atoms with E-state index < -0.39 is 0 Å². The SMILES string of the molecule is C=CC(=O)N1CCN(c2nc(OC[C@@H]3CCCN3C(C)C)nc3c2CCN(c2cc(O)cc4ccccc24)C3)CC1.CC(C)N1CCC[C@H]1COc1nc2c(c(N3CCCCC3)n1)CCN(c1cc(O)cc3ccccc13)C2.S.S. The van der Waals surface area contributed by atoms with Crippen LogP contribution in [0.25, 0.3) is 21.5 Å². The lowest BCUT2D eigenvalue weighted by Gasteiger charge is -2.38. The highest BCUT2D eigenvalue weighted by Crippen LogP contribution is 2.39. The second-order valence-electron chi connectivity index (χ2n) is 22.7. The molecule has 8 heterocycles. The minimum atomic E-state index is -0.0290. The summed E-state index contributed by atoms with van der Waals surface area (Å²) in [5.41, 5.74) is 6.48. The predicted octanol–water partition coefficient (Wildman–Crippen LogP) is 9.35. The Hall–Kier alpha value is -6.21. The molecule has 0 unspecified atom stereocenters. The maximum absolute atomic E-state index is 12.2. The van der Waals surface area contributed by atoms with E-state index in [9.17, 15) is 15.0 Å². The Bertz CT molecular complexity index is 3110. The number of hydrogen-bond donors (Lipinski definition) is 2. The van der Waals surface area contributed by atoms with Gasteiger partial charge in [0, 0.05) is 122 Å². The van der Waals surface area contributed by atoms with Crippen LogP contribution in [0.1, 0.15) is 95.2 Å². The predicted molar refractivity (Wildman–Crippen MR) is 331 cm³/mol. The molecule has 6 aliphatic heterocycles. The first-order valence-electron chi connectivity index (χ1n) is 28.9. The summed E-state index contributed by atoms with van der Waals surface area (Å²) in [5, 5.41) is 25.3. The maximum Gasteiger partial charge on any atom is 0.318 e. The highest BCUT2D eigenvalue weighted by molar-refractivity contribution is 7.59. The Morgan fingerprint density at radius 2 is 1.02 bits per heavy atom. The molecule has 80 heavy (non-hydrogen) atoms. The molecule has 1 amide bonds. The van der Waals surface area contributed by atoms with E-state index in [1.807, 2.05) is 53.4 Å². The van der Waals surface area contributed by atoms with Crippen molar-refractivity contribution in [2.24, 2.45) is 0 Å². The number of amides is 1. The Kier molecular flexibility index (Phi) is 19.1. The summed E-state index contributed by atoms with van der Waals surface area (Å²) in [5.74, 6) is 2.52. The molecular formula is C62H83N11O5S2. The molecule has 18 heteroatoms. The fourth-order valence-corrected chi connectivity index (χ4v) is 13.1. The van der Waals surface area contributed by atoms with E-state index in [2.05, 4.69) is 87.9 Å². The van der Waals surface area contributed by atoms with Crippen LogP contribution in [0.4, 0.5) is 23.0 Å². The lowest BCUT2D eigenvalue weighted by atomic mass is 10.0. The van der Waals surface area contributed by atoms with Crippen LogP contribution in [0.2, 0.25) is 0 Å². The van der Waals surface area contributed by atoms with Gasteiger partial charge in [0.15, 0.2) is 0 Å². The number of aromatic hydroxyl groups is 2. The smallest absolute Gasteiger partial charge is 0.318 e. The number of piperidine rings is 1. The van der Waals surface area contributed by atoms with E-state index in [1.54, 1.807) is 0 Å². The van der Waals surface area contributed by atoms with E-state index >= 15 is 0 Å². The number of phenols is 2. The molecule has 4 saturated heterocycles. The van der Waals surface area contributed by atoms with Gasteiger partial charge in [-0.1, -0.05) is 55.1 Å². The molecule has 4 aromatic carbocycles. The first-order valence-corrected chi connectivity index (χ1v) is 28.9. The second-order valence-corrected chi connectivity index (χ2v) is 22.7. The number of anilines is 4. The first kappa shape index (κ1) is 58.4. The molecule has 2 aromatic heterocycles. The van der Waals surface area contributed by atoms with Crippen LogP contribution in [0, 0.1) is 0 Å². The van der Waals surface area contributed by atoms with Crippen molar-refractivity contribution in [3.8, 4) is 23.5 Å². The van der Waals surface area contributed by atoms with E-state index in [0.717, 1.165) is 120 Å². The van der Waals surface area contributed by atoms with Crippen LogP contribution in [0.15, 0.2) is 85.5 Å². The van der Waals surface area contributed by atoms with E-state index in [4.69, 9.17) is 29.4 Å². The van der Waals surface area contributed by atoms with E-state index in [-0.39, 0.29) is 38.6 Å².